The highest BCUT2D eigenvalue weighted by atomic mass is 79.9. The van der Waals surface area contributed by atoms with Gasteiger partial charge < -0.3 is 4.90 Å². The van der Waals surface area contributed by atoms with Crippen LogP contribution in [-0.2, 0) is 17.1 Å². The number of aryl methyl sites for hydroxylation is 1. The summed E-state index contributed by atoms with van der Waals surface area (Å²) in [7, 11) is 1.83. The van der Waals surface area contributed by atoms with Crippen LogP contribution in [0.25, 0.3) is 0 Å². The molecule has 1 atom stereocenters. The van der Waals surface area contributed by atoms with Gasteiger partial charge in [-0.15, -0.1) is 5.10 Å². The first-order valence-electron chi connectivity index (χ1n) is 5.46. The molecule has 0 bridgehead atoms. The van der Waals surface area contributed by atoms with Gasteiger partial charge in [0.15, 0.2) is 4.60 Å². The lowest BCUT2D eigenvalue weighted by Gasteiger charge is -2.16. The third-order valence-electron chi connectivity index (χ3n) is 2.36. The van der Waals surface area contributed by atoms with Gasteiger partial charge in [-0.05, 0) is 49.9 Å². The van der Waals surface area contributed by atoms with E-state index in [1.165, 1.54) is 11.7 Å². The highest BCUT2D eigenvalue weighted by molar-refractivity contribution is 9.10. The van der Waals surface area contributed by atoms with Crippen LogP contribution in [0.3, 0.4) is 0 Å². The van der Waals surface area contributed by atoms with Crippen molar-refractivity contribution in [1.29, 1.82) is 0 Å². The molecule has 18 heavy (non-hydrogen) atoms. The van der Waals surface area contributed by atoms with Crippen LogP contribution in [0.2, 0.25) is 0 Å². The third-order valence-corrected chi connectivity index (χ3v) is 4.83. The highest BCUT2D eigenvalue weighted by Gasteiger charge is 2.25. The highest BCUT2D eigenvalue weighted by Crippen LogP contribution is 2.18. The molecule has 0 amide bonds. The first-order valence-corrected chi connectivity index (χ1v) is 7.74. The van der Waals surface area contributed by atoms with Gasteiger partial charge in [0.1, 0.15) is 0 Å². The number of nitrogens with zero attached hydrogens (tertiary/aromatic N) is 4. The number of hydrogen-bond donors (Lipinski definition) is 1. The number of nitrogens with one attached hydrogen (secondary N) is 1. The van der Waals surface area contributed by atoms with Crippen molar-refractivity contribution in [2.75, 3.05) is 20.6 Å². The molecule has 7 nitrogen and oxygen atoms in total. The van der Waals surface area contributed by atoms with Crippen molar-refractivity contribution >= 4 is 26.0 Å². The summed E-state index contributed by atoms with van der Waals surface area (Å²) in [6.45, 7) is 2.65. The summed E-state index contributed by atoms with van der Waals surface area (Å²) in [5.41, 5.74) is 0. The van der Waals surface area contributed by atoms with E-state index in [2.05, 4.69) is 31.0 Å². The molecule has 0 saturated carbocycles. The molecule has 1 unspecified atom stereocenters. The molecular weight excluding hydrogens is 322 g/mol. The minimum Gasteiger partial charge on any atom is -0.309 e. The second-order valence-electron chi connectivity index (χ2n) is 4.42. The first kappa shape index (κ1) is 15.5. The van der Waals surface area contributed by atoms with Crippen molar-refractivity contribution in [2.24, 2.45) is 7.05 Å². The number of sulfonamides is 1. The van der Waals surface area contributed by atoms with Crippen LogP contribution in [0.4, 0.5) is 0 Å². The normalized spacial score (nSPS) is 14.1. The SMILES string of the molecule is CC(CCN(C)C)NS(=O)(=O)c1c(Br)nnn1C. The van der Waals surface area contributed by atoms with Crippen LogP contribution in [0.1, 0.15) is 13.3 Å². The molecule has 0 saturated heterocycles. The topological polar surface area (TPSA) is 80.1 Å². The van der Waals surface area contributed by atoms with E-state index in [-0.39, 0.29) is 15.7 Å². The summed E-state index contributed by atoms with van der Waals surface area (Å²) in [4.78, 5) is 2.01. The predicted octanol–water partition coefficient (Wildman–Crippen LogP) is 0.196. The van der Waals surface area contributed by atoms with Gasteiger partial charge in [-0.25, -0.2) is 17.8 Å². The van der Waals surface area contributed by atoms with E-state index in [4.69, 9.17) is 0 Å². The number of hydrogen-bond acceptors (Lipinski definition) is 5. The number of aromatic nitrogens is 3. The van der Waals surface area contributed by atoms with E-state index in [0.29, 0.717) is 0 Å². The Labute approximate surface area is 116 Å². The van der Waals surface area contributed by atoms with E-state index < -0.39 is 10.0 Å². The zero-order valence-corrected chi connectivity index (χ0v) is 13.3. The Bertz CT molecular complexity index is 480. The monoisotopic (exact) mass is 339 g/mol. The van der Waals surface area contributed by atoms with E-state index in [0.717, 1.165) is 13.0 Å². The zero-order valence-electron chi connectivity index (χ0n) is 10.9. The Kier molecular flexibility index (Phi) is 5.26. The Morgan fingerprint density at radius 3 is 2.56 bits per heavy atom. The summed E-state index contributed by atoms with van der Waals surface area (Å²) in [6, 6.07) is -0.154. The smallest absolute Gasteiger partial charge is 0.260 e. The second-order valence-corrected chi connectivity index (χ2v) is 6.80. The van der Waals surface area contributed by atoms with Crippen molar-refractivity contribution < 1.29 is 8.42 Å². The Balaban J connectivity index is 2.77. The molecule has 104 valence electrons. The summed E-state index contributed by atoms with van der Waals surface area (Å²) in [5.74, 6) is 0. The molecule has 0 fully saturated rings. The van der Waals surface area contributed by atoms with Crippen LogP contribution in [0.5, 0.6) is 0 Å². The molecule has 1 aromatic rings. The van der Waals surface area contributed by atoms with Crippen molar-refractivity contribution in [3.63, 3.8) is 0 Å². The van der Waals surface area contributed by atoms with E-state index in [9.17, 15) is 8.42 Å². The quantitative estimate of drug-likeness (QED) is 0.800. The average molecular weight is 340 g/mol. The number of rotatable bonds is 6. The molecule has 0 spiro atoms. The molecule has 0 aliphatic heterocycles. The molecule has 0 aliphatic rings. The van der Waals surface area contributed by atoms with Crippen LogP contribution in [-0.4, -0.2) is 55.0 Å². The fourth-order valence-corrected chi connectivity index (χ4v) is 3.81. The molecule has 1 N–H and O–H groups in total. The Morgan fingerprint density at radius 2 is 2.11 bits per heavy atom. The van der Waals surface area contributed by atoms with E-state index in [1.54, 1.807) is 0 Å². The van der Waals surface area contributed by atoms with Crippen LogP contribution >= 0.6 is 15.9 Å². The van der Waals surface area contributed by atoms with E-state index >= 15 is 0 Å². The van der Waals surface area contributed by atoms with Gasteiger partial charge in [0, 0.05) is 13.1 Å². The average Bonchev–Trinajstić information content (AvgIpc) is 2.55. The lowest BCUT2D eigenvalue weighted by molar-refractivity contribution is 0.378. The fraction of sp³-hybridized carbons (Fsp3) is 0.778. The van der Waals surface area contributed by atoms with Gasteiger partial charge in [-0.1, -0.05) is 5.21 Å². The standard InChI is InChI=1S/C9H18BrN5O2S/c1-7(5-6-14(2)3)12-18(16,17)9-8(10)11-13-15(9)4/h7,12H,5-6H2,1-4H3. The Morgan fingerprint density at radius 1 is 1.50 bits per heavy atom. The summed E-state index contributed by atoms with van der Waals surface area (Å²) in [6.07, 6.45) is 0.731. The second kappa shape index (κ2) is 6.09. The lowest BCUT2D eigenvalue weighted by Crippen LogP contribution is -2.35. The summed E-state index contributed by atoms with van der Waals surface area (Å²) >= 11 is 3.08. The Hall–Kier alpha value is -0.510. The molecule has 0 aromatic carbocycles. The van der Waals surface area contributed by atoms with Crippen LogP contribution in [0.15, 0.2) is 9.63 Å². The number of halogens is 1. The van der Waals surface area contributed by atoms with Crippen molar-refractivity contribution in [3.8, 4) is 0 Å². The fourth-order valence-electron chi connectivity index (χ4n) is 1.44. The van der Waals surface area contributed by atoms with Crippen molar-refractivity contribution in [2.45, 2.75) is 24.4 Å². The molecule has 9 heteroatoms. The largest absolute Gasteiger partial charge is 0.309 e. The van der Waals surface area contributed by atoms with Gasteiger partial charge in [0.25, 0.3) is 10.0 Å². The molecular formula is C9H18BrN5O2S. The predicted molar refractivity (Wildman–Crippen MR) is 71.7 cm³/mol. The molecule has 0 aliphatic carbocycles. The molecule has 1 aromatic heterocycles. The van der Waals surface area contributed by atoms with Gasteiger partial charge in [-0.3, -0.25) is 0 Å². The lowest BCUT2D eigenvalue weighted by atomic mass is 10.2. The summed E-state index contributed by atoms with van der Waals surface area (Å²) in [5, 5.41) is 7.36. The van der Waals surface area contributed by atoms with Crippen molar-refractivity contribution in [1.82, 2.24) is 24.6 Å². The van der Waals surface area contributed by atoms with Gasteiger partial charge in [0.05, 0.1) is 0 Å². The third kappa shape index (κ3) is 4.01. The van der Waals surface area contributed by atoms with E-state index in [1.807, 2.05) is 25.9 Å². The minimum absolute atomic E-state index is 0.0409. The van der Waals surface area contributed by atoms with Gasteiger partial charge in [0.2, 0.25) is 5.03 Å². The minimum atomic E-state index is -3.60. The molecule has 1 heterocycles. The maximum absolute atomic E-state index is 12.1. The maximum atomic E-state index is 12.1. The molecule has 0 radical (unpaired) electrons. The first-order chi connectivity index (χ1) is 8.24. The van der Waals surface area contributed by atoms with Crippen molar-refractivity contribution in [3.05, 3.63) is 4.60 Å². The zero-order chi connectivity index (χ0) is 13.9. The summed E-state index contributed by atoms with van der Waals surface area (Å²) < 4.78 is 28.3. The van der Waals surface area contributed by atoms with Gasteiger partial charge in [-0.2, -0.15) is 0 Å². The molecule has 1 rings (SSSR count). The van der Waals surface area contributed by atoms with Gasteiger partial charge >= 0.3 is 0 Å². The maximum Gasteiger partial charge on any atom is 0.260 e. The van der Waals surface area contributed by atoms with Crippen LogP contribution < -0.4 is 4.72 Å². The van der Waals surface area contributed by atoms with Crippen LogP contribution in [0, 0.1) is 0 Å².